The zero-order valence-corrected chi connectivity index (χ0v) is 14.8. The second-order valence-electron chi connectivity index (χ2n) is 6.13. The summed E-state index contributed by atoms with van der Waals surface area (Å²) in [6, 6.07) is 11.8. The molecule has 1 fully saturated rings. The van der Waals surface area contributed by atoms with Crippen LogP contribution >= 0.6 is 11.3 Å². The van der Waals surface area contributed by atoms with Gasteiger partial charge in [-0.05, 0) is 49.2 Å². The highest BCUT2D eigenvalue weighted by molar-refractivity contribution is 7.14. The molecular formula is C19H20N2O3S. The number of nitrogens with one attached hydrogen (secondary N) is 2. The Hall–Kier alpha value is -2.31. The largest absolute Gasteiger partial charge is 0.497 e. The smallest absolute Gasteiger partial charge is 0.261 e. The van der Waals surface area contributed by atoms with E-state index in [4.69, 9.17) is 9.47 Å². The van der Waals surface area contributed by atoms with Gasteiger partial charge in [-0.3, -0.25) is 4.79 Å². The van der Waals surface area contributed by atoms with Gasteiger partial charge in [0.2, 0.25) is 0 Å². The van der Waals surface area contributed by atoms with E-state index in [0.29, 0.717) is 6.54 Å². The number of fused-ring (bicyclic) bond motifs is 1. The van der Waals surface area contributed by atoms with E-state index in [-0.39, 0.29) is 12.0 Å². The molecule has 3 heterocycles. The van der Waals surface area contributed by atoms with Crippen molar-refractivity contribution in [3.63, 3.8) is 0 Å². The van der Waals surface area contributed by atoms with Gasteiger partial charge >= 0.3 is 0 Å². The standard InChI is InChI=1S/C19H20N2O3S/c1-23-14-4-5-15-12(10-14)9-13(21-15)11-20-19(22)18-7-6-17(25-18)16-3-2-8-24-16/h4-7,9-10,16,21H,2-3,8,11H2,1H3,(H,20,22)/t16-/m0/s1. The molecule has 0 unspecified atom stereocenters. The molecule has 1 amide bonds. The molecule has 4 rings (SSSR count). The van der Waals surface area contributed by atoms with Gasteiger partial charge in [-0.15, -0.1) is 11.3 Å². The number of aromatic amines is 1. The lowest BCUT2D eigenvalue weighted by Gasteiger charge is -2.05. The van der Waals surface area contributed by atoms with Crippen molar-refractivity contribution in [2.45, 2.75) is 25.5 Å². The second kappa shape index (κ2) is 6.90. The van der Waals surface area contributed by atoms with Crippen LogP contribution in [0.3, 0.4) is 0 Å². The van der Waals surface area contributed by atoms with Crippen LogP contribution in [0.1, 0.15) is 39.2 Å². The molecule has 0 radical (unpaired) electrons. The molecular weight excluding hydrogens is 336 g/mol. The van der Waals surface area contributed by atoms with E-state index in [1.54, 1.807) is 7.11 Å². The summed E-state index contributed by atoms with van der Waals surface area (Å²) in [5.41, 5.74) is 1.99. The van der Waals surface area contributed by atoms with E-state index in [9.17, 15) is 4.79 Å². The summed E-state index contributed by atoms with van der Waals surface area (Å²) >= 11 is 1.52. The maximum atomic E-state index is 12.4. The van der Waals surface area contributed by atoms with Crippen LogP contribution in [0.2, 0.25) is 0 Å². The number of carbonyl (C=O) groups is 1. The van der Waals surface area contributed by atoms with Crippen molar-refractivity contribution in [3.05, 3.63) is 51.8 Å². The average Bonchev–Trinajstić information content (AvgIpc) is 3.38. The van der Waals surface area contributed by atoms with Crippen LogP contribution < -0.4 is 10.1 Å². The number of rotatable bonds is 5. The first-order valence-corrected chi connectivity index (χ1v) is 9.20. The first-order valence-electron chi connectivity index (χ1n) is 8.38. The van der Waals surface area contributed by atoms with Crippen molar-refractivity contribution in [2.24, 2.45) is 0 Å². The first-order chi connectivity index (χ1) is 12.2. The van der Waals surface area contributed by atoms with Gasteiger partial charge in [0, 0.05) is 28.1 Å². The normalized spacial score (nSPS) is 17.1. The Kier molecular flexibility index (Phi) is 4.46. The number of aromatic nitrogens is 1. The van der Waals surface area contributed by atoms with E-state index < -0.39 is 0 Å². The molecule has 2 N–H and O–H groups in total. The number of hydrogen-bond donors (Lipinski definition) is 2. The quantitative estimate of drug-likeness (QED) is 0.726. The number of thiophene rings is 1. The van der Waals surface area contributed by atoms with Gasteiger partial charge in [0.15, 0.2) is 0 Å². The van der Waals surface area contributed by atoms with Crippen LogP contribution in [-0.2, 0) is 11.3 Å². The number of benzene rings is 1. The summed E-state index contributed by atoms with van der Waals surface area (Å²) in [6.45, 7) is 1.28. The van der Waals surface area contributed by atoms with Crippen molar-refractivity contribution < 1.29 is 14.3 Å². The first kappa shape index (κ1) is 16.2. The minimum atomic E-state index is -0.0505. The fourth-order valence-electron chi connectivity index (χ4n) is 3.11. The predicted octanol–water partition coefficient (Wildman–Crippen LogP) is 4.02. The Bertz CT molecular complexity index is 893. The molecule has 2 aromatic heterocycles. The lowest BCUT2D eigenvalue weighted by molar-refractivity contribution is 0.0954. The van der Waals surface area contributed by atoms with Gasteiger partial charge in [-0.1, -0.05) is 0 Å². The van der Waals surface area contributed by atoms with Crippen molar-refractivity contribution in [3.8, 4) is 5.75 Å². The molecule has 1 atom stereocenters. The summed E-state index contributed by atoms with van der Waals surface area (Å²) in [5.74, 6) is 0.771. The molecule has 1 aliphatic rings. The number of H-pyrrole nitrogens is 1. The van der Waals surface area contributed by atoms with Crippen molar-refractivity contribution in [1.29, 1.82) is 0 Å². The third kappa shape index (κ3) is 3.41. The van der Waals surface area contributed by atoms with Crippen LogP contribution in [-0.4, -0.2) is 24.6 Å². The molecule has 6 heteroatoms. The summed E-state index contributed by atoms with van der Waals surface area (Å²) in [7, 11) is 1.65. The maximum Gasteiger partial charge on any atom is 0.261 e. The van der Waals surface area contributed by atoms with Crippen molar-refractivity contribution in [1.82, 2.24) is 10.3 Å². The monoisotopic (exact) mass is 356 g/mol. The zero-order chi connectivity index (χ0) is 17.2. The van der Waals surface area contributed by atoms with Crippen LogP contribution in [0.15, 0.2) is 36.4 Å². The molecule has 0 bridgehead atoms. The van der Waals surface area contributed by atoms with Gasteiger partial charge in [-0.25, -0.2) is 0 Å². The molecule has 5 nitrogen and oxygen atoms in total. The zero-order valence-electron chi connectivity index (χ0n) is 14.0. The van der Waals surface area contributed by atoms with Crippen LogP contribution in [0.4, 0.5) is 0 Å². The highest BCUT2D eigenvalue weighted by Crippen LogP contribution is 2.33. The van der Waals surface area contributed by atoms with Crippen LogP contribution in [0.5, 0.6) is 5.75 Å². The number of hydrogen-bond acceptors (Lipinski definition) is 4. The molecule has 0 spiro atoms. The number of methoxy groups -OCH3 is 1. The molecule has 25 heavy (non-hydrogen) atoms. The van der Waals surface area contributed by atoms with Crippen molar-refractivity contribution in [2.75, 3.05) is 13.7 Å². The Morgan fingerprint density at radius 1 is 1.36 bits per heavy atom. The molecule has 1 aliphatic heterocycles. The average molecular weight is 356 g/mol. The summed E-state index contributed by atoms with van der Waals surface area (Å²) < 4.78 is 10.9. The maximum absolute atomic E-state index is 12.4. The third-order valence-electron chi connectivity index (χ3n) is 4.42. The number of carbonyl (C=O) groups excluding carboxylic acids is 1. The molecule has 1 saturated heterocycles. The molecule has 1 aromatic carbocycles. The van der Waals surface area contributed by atoms with Crippen LogP contribution in [0.25, 0.3) is 10.9 Å². The minimum absolute atomic E-state index is 0.0505. The fraction of sp³-hybridized carbons (Fsp3) is 0.316. The highest BCUT2D eigenvalue weighted by Gasteiger charge is 2.20. The molecule has 130 valence electrons. The Balaban J connectivity index is 1.41. The number of ether oxygens (including phenoxy) is 2. The number of amides is 1. The Morgan fingerprint density at radius 3 is 3.08 bits per heavy atom. The van der Waals surface area contributed by atoms with Gasteiger partial charge in [0.05, 0.1) is 24.6 Å². The SMILES string of the molecule is COc1ccc2[nH]c(CNC(=O)c3ccc([C@@H]4CCCO4)s3)cc2c1. The summed E-state index contributed by atoms with van der Waals surface area (Å²) in [6.07, 6.45) is 2.30. The Morgan fingerprint density at radius 2 is 2.28 bits per heavy atom. The summed E-state index contributed by atoms with van der Waals surface area (Å²) in [4.78, 5) is 17.6. The predicted molar refractivity (Wildman–Crippen MR) is 98.3 cm³/mol. The Labute approximate surface area is 150 Å². The summed E-state index contributed by atoms with van der Waals surface area (Å²) in [5, 5.41) is 4.05. The van der Waals surface area contributed by atoms with Gasteiger partial charge < -0.3 is 19.8 Å². The van der Waals surface area contributed by atoms with E-state index >= 15 is 0 Å². The minimum Gasteiger partial charge on any atom is -0.497 e. The third-order valence-corrected chi connectivity index (χ3v) is 5.60. The van der Waals surface area contributed by atoms with E-state index in [1.165, 1.54) is 11.3 Å². The topological polar surface area (TPSA) is 63.3 Å². The van der Waals surface area contributed by atoms with Crippen molar-refractivity contribution >= 4 is 28.1 Å². The molecule has 0 aliphatic carbocycles. The lowest BCUT2D eigenvalue weighted by atomic mass is 10.2. The van der Waals surface area contributed by atoms with E-state index in [2.05, 4.69) is 10.3 Å². The lowest BCUT2D eigenvalue weighted by Crippen LogP contribution is -2.21. The van der Waals surface area contributed by atoms with Gasteiger partial charge in [0.1, 0.15) is 5.75 Å². The van der Waals surface area contributed by atoms with E-state index in [1.807, 2.05) is 36.4 Å². The molecule has 3 aromatic rings. The highest BCUT2D eigenvalue weighted by atomic mass is 32.1. The molecule has 0 saturated carbocycles. The van der Waals surface area contributed by atoms with Gasteiger partial charge in [-0.2, -0.15) is 0 Å². The van der Waals surface area contributed by atoms with E-state index in [0.717, 1.165) is 51.5 Å². The van der Waals surface area contributed by atoms with Crippen LogP contribution in [0, 0.1) is 0 Å². The second-order valence-corrected chi connectivity index (χ2v) is 7.25. The van der Waals surface area contributed by atoms with Gasteiger partial charge in [0.25, 0.3) is 5.91 Å². The fourth-order valence-corrected chi connectivity index (χ4v) is 4.11.